The minimum atomic E-state index is 0.0526. The van der Waals surface area contributed by atoms with Crippen LogP contribution in [0.5, 0.6) is 0 Å². The molecule has 0 spiro atoms. The third-order valence-electron chi connectivity index (χ3n) is 4.59. The van der Waals surface area contributed by atoms with Crippen molar-refractivity contribution in [2.45, 2.75) is 45.6 Å². The Kier molecular flexibility index (Phi) is 5.25. The molecule has 0 bridgehead atoms. The minimum Gasteiger partial charge on any atom is -0.325 e. The topological polar surface area (TPSA) is 73.9 Å². The van der Waals surface area contributed by atoms with E-state index < -0.39 is 0 Å². The van der Waals surface area contributed by atoms with E-state index >= 15 is 0 Å². The van der Waals surface area contributed by atoms with E-state index in [1.54, 1.807) is 0 Å². The van der Waals surface area contributed by atoms with Crippen molar-refractivity contribution >= 4 is 11.6 Å². The molecule has 0 aliphatic carbocycles. The number of nitrogens with one attached hydrogen (secondary N) is 2. The molecule has 2 N–H and O–H groups in total. The van der Waals surface area contributed by atoms with E-state index in [-0.39, 0.29) is 5.91 Å². The highest BCUT2D eigenvalue weighted by Gasteiger charge is 2.22. The monoisotopic (exact) mass is 327 g/mol. The molecule has 6 nitrogen and oxygen atoms in total. The number of aromatic nitrogens is 3. The highest BCUT2D eigenvalue weighted by molar-refractivity contribution is 5.92. The maximum absolute atomic E-state index is 12.3. The Morgan fingerprint density at radius 3 is 2.79 bits per heavy atom. The molecule has 0 saturated carbocycles. The molecule has 24 heavy (non-hydrogen) atoms. The van der Waals surface area contributed by atoms with Crippen LogP contribution < -0.4 is 5.32 Å². The number of hydrogen-bond acceptors (Lipinski definition) is 4. The molecular weight excluding hydrogens is 302 g/mol. The standard InChI is InChI=1S/C18H25N5O/c1-3-16-6-4-5-11-23(16)12-17(24)20-15-9-7-14(8-10-15)18-19-13(2)21-22-18/h7-10,16H,3-6,11-12H2,1-2H3,(H,20,24)(H,19,21,22). The fraction of sp³-hybridized carbons (Fsp3) is 0.500. The molecule has 2 aromatic rings. The van der Waals surface area contributed by atoms with Crippen LogP contribution in [0.4, 0.5) is 5.69 Å². The molecule has 1 saturated heterocycles. The molecule has 0 radical (unpaired) electrons. The van der Waals surface area contributed by atoms with Crippen molar-refractivity contribution in [1.82, 2.24) is 20.1 Å². The minimum absolute atomic E-state index is 0.0526. The van der Waals surface area contributed by atoms with Crippen LogP contribution in [-0.2, 0) is 4.79 Å². The van der Waals surface area contributed by atoms with Gasteiger partial charge in [-0.3, -0.25) is 14.8 Å². The average molecular weight is 327 g/mol. The number of carbonyl (C=O) groups excluding carboxylic acids is 1. The van der Waals surface area contributed by atoms with Gasteiger partial charge in [-0.1, -0.05) is 13.3 Å². The molecule has 1 fully saturated rings. The number of likely N-dealkylation sites (tertiary alicyclic amines) is 1. The van der Waals surface area contributed by atoms with Gasteiger partial charge in [-0.25, -0.2) is 4.98 Å². The molecule has 2 heterocycles. The second-order valence-corrected chi connectivity index (χ2v) is 6.40. The van der Waals surface area contributed by atoms with Crippen LogP contribution in [0, 0.1) is 6.92 Å². The first-order valence-electron chi connectivity index (χ1n) is 8.69. The van der Waals surface area contributed by atoms with Crippen molar-refractivity contribution in [3.8, 4) is 11.4 Å². The number of amides is 1. The molecule has 1 aromatic heterocycles. The molecular formula is C18H25N5O. The van der Waals surface area contributed by atoms with Gasteiger partial charge in [-0.05, 0) is 57.0 Å². The molecule has 1 amide bonds. The average Bonchev–Trinajstić information content (AvgIpc) is 3.02. The summed E-state index contributed by atoms with van der Waals surface area (Å²) in [6.07, 6.45) is 4.78. The van der Waals surface area contributed by atoms with Crippen LogP contribution >= 0.6 is 0 Å². The van der Waals surface area contributed by atoms with Gasteiger partial charge in [-0.2, -0.15) is 5.10 Å². The normalized spacial score (nSPS) is 18.5. The summed E-state index contributed by atoms with van der Waals surface area (Å²) in [5.41, 5.74) is 1.74. The van der Waals surface area contributed by atoms with Gasteiger partial charge in [0.1, 0.15) is 5.82 Å². The Labute approximate surface area is 142 Å². The third kappa shape index (κ3) is 4.00. The number of aromatic amines is 1. The van der Waals surface area contributed by atoms with Gasteiger partial charge in [0.15, 0.2) is 5.82 Å². The summed E-state index contributed by atoms with van der Waals surface area (Å²) in [5, 5.41) is 9.96. The quantitative estimate of drug-likeness (QED) is 0.885. The summed E-state index contributed by atoms with van der Waals surface area (Å²) in [6.45, 7) is 5.56. The second-order valence-electron chi connectivity index (χ2n) is 6.40. The van der Waals surface area contributed by atoms with Gasteiger partial charge < -0.3 is 5.32 Å². The first-order chi connectivity index (χ1) is 11.7. The van der Waals surface area contributed by atoms with E-state index in [0.29, 0.717) is 18.4 Å². The van der Waals surface area contributed by atoms with Gasteiger partial charge in [0.25, 0.3) is 0 Å². The Bertz CT molecular complexity index is 679. The van der Waals surface area contributed by atoms with Crippen LogP contribution in [0.1, 0.15) is 38.4 Å². The van der Waals surface area contributed by atoms with E-state index in [0.717, 1.165) is 30.0 Å². The van der Waals surface area contributed by atoms with Crippen LogP contribution in [0.25, 0.3) is 11.4 Å². The number of anilines is 1. The number of benzene rings is 1. The second kappa shape index (κ2) is 7.57. The molecule has 128 valence electrons. The van der Waals surface area contributed by atoms with Crippen LogP contribution in [0.2, 0.25) is 0 Å². The lowest BCUT2D eigenvalue weighted by atomic mass is 10.00. The summed E-state index contributed by atoms with van der Waals surface area (Å²) in [4.78, 5) is 18.9. The van der Waals surface area contributed by atoms with E-state index in [4.69, 9.17) is 0 Å². The van der Waals surface area contributed by atoms with Crippen LogP contribution in [-0.4, -0.2) is 45.1 Å². The van der Waals surface area contributed by atoms with Gasteiger partial charge in [0.05, 0.1) is 6.54 Å². The van der Waals surface area contributed by atoms with Crippen molar-refractivity contribution in [2.75, 3.05) is 18.4 Å². The molecule has 1 unspecified atom stereocenters. The lowest BCUT2D eigenvalue weighted by Crippen LogP contribution is -2.43. The number of H-pyrrole nitrogens is 1. The highest BCUT2D eigenvalue weighted by atomic mass is 16.2. The summed E-state index contributed by atoms with van der Waals surface area (Å²) in [7, 11) is 0. The predicted octanol–water partition coefficient (Wildman–Crippen LogP) is 2.98. The van der Waals surface area contributed by atoms with Crippen molar-refractivity contribution in [3.05, 3.63) is 30.1 Å². The molecule has 1 aromatic carbocycles. The Morgan fingerprint density at radius 1 is 1.33 bits per heavy atom. The van der Waals surface area contributed by atoms with Crippen molar-refractivity contribution in [2.24, 2.45) is 0 Å². The van der Waals surface area contributed by atoms with Gasteiger partial charge in [-0.15, -0.1) is 0 Å². The largest absolute Gasteiger partial charge is 0.325 e. The Hall–Kier alpha value is -2.21. The summed E-state index contributed by atoms with van der Waals surface area (Å²) >= 11 is 0. The zero-order chi connectivity index (χ0) is 16.9. The summed E-state index contributed by atoms with van der Waals surface area (Å²) in [5.74, 6) is 1.51. The van der Waals surface area contributed by atoms with Gasteiger partial charge in [0, 0.05) is 17.3 Å². The molecule has 6 heteroatoms. The van der Waals surface area contributed by atoms with Gasteiger partial charge in [0.2, 0.25) is 5.91 Å². The molecule has 1 aliphatic rings. The number of aryl methyl sites for hydroxylation is 1. The zero-order valence-electron chi connectivity index (χ0n) is 14.4. The first-order valence-corrected chi connectivity index (χ1v) is 8.69. The molecule has 1 atom stereocenters. The maximum Gasteiger partial charge on any atom is 0.238 e. The molecule has 3 rings (SSSR count). The number of hydrogen-bond donors (Lipinski definition) is 2. The number of carbonyl (C=O) groups is 1. The van der Waals surface area contributed by atoms with E-state index in [1.165, 1.54) is 19.3 Å². The fourth-order valence-corrected chi connectivity index (χ4v) is 3.29. The van der Waals surface area contributed by atoms with Gasteiger partial charge >= 0.3 is 0 Å². The Morgan fingerprint density at radius 2 is 2.12 bits per heavy atom. The van der Waals surface area contributed by atoms with Crippen LogP contribution in [0.15, 0.2) is 24.3 Å². The SMILES string of the molecule is CCC1CCCCN1CC(=O)Nc1ccc(-c2n[nH]c(C)n2)cc1. The Balaban J connectivity index is 1.58. The van der Waals surface area contributed by atoms with Crippen molar-refractivity contribution in [3.63, 3.8) is 0 Å². The van der Waals surface area contributed by atoms with E-state index in [2.05, 4.69) is 32.3 Å². The van der Waals surface area contributed by atoms with Crippen molar-refractivity contribution in [1.29, 1.82) is 0 Å². The zero-order valence-corrected chi connectivity index (χ0v) is 14.4. The van der Waals surface area contributed by atoms with E-state index in [9.17, 15) is 4.79 Å². The first kappa shape index (κ1) is 16.6. The maximum atomic E-state index is 12.3. The summed E-state index contributed by atoms with van der Waals surface area (Å²) in [6, 6.07) is 8.18. The number of rotatable bonds is 5. The van der Waals surface area contributed by atoms with Crippen molar-refractivity contribution < 1.29 is 4.79 Å². The van der Waals surface area contributed by atoms with Crippen LogP contribution in [0.3, 0.4) is 0 Å². The lowest BCUT2D eigenvalue weighted by Gasteiger charge is -2.34. The predicted molar refractivity (Wildman–Crippen MR) is 94.7 cm³/mol. The lowest BCUT2D eigenvalue weighted by molar-refractivity contribution is -0.118. The smallest absolute Gasteiger partial charge is 0.238 e. The van der Waals surface area contributed by atoms with E-state index in [1.807, 2.05) is 31.2 Å². The summed E-state index contributed by atoms with van der Waals surface area (Å²) < 4.78 is 0. The number of nitrogens with zero attached hydrogens (tertiary/aromatic N) is 3. The fourth-order valence-electron chi connectivity index (χ4n) is 3.29. The number of piperidine rings is 1. The highest BCUT2D eigenvalue weighted by Crippen LogP contribution is 2.20. The third-order valence-corrected chi connectivity index (χ3v) is 4.59. The molecule has 1 aliphatic heterocycles.